The molecule has 5 rings (SSSR count). The van der Waals surface area contributed by atoms with Gasteiger partial charge in [0.15, 0.2) is 11.2 Å². The first-order valence-electron chi connectivity index (χ1n) is 11.4. The van der Waals surface area contributed by atoms with Gasteiger partial charge in [0, 0.05) is 19.0 Å². The number of hydrogen-bond donors (Lipinski definition) is 1. The first kappa shape index (κ1) is 23.8. The standard InChI is InChI=1S/C24H24N6O5S/c1-35-24(32)17-9-11-19(12-10-17)36(33,34)29-13-5-8-18(15-29)21-25-22-20(23(31)26-21)27-28-30(22)14-16-6-3-2-4-7-16/h2-4,6-7,9-12,18H,5,8,13-15H2,1H3,(H,25,26,31)/t18-/m1/s1. The molecule has 1 fully saturated rings. The number of piperidine rings is 1. The molecule has 36 heavy (non-hydrogen) atoms. The third-order valence-corrected chi connectivity index (χ3v) is 8.13. The number of benzene rings is 2. The topological polar surface area (TPSA) is 140 Å². The van der Waals surface area contributed by atoms with Crippen molar-refractivity contribution in [1.29, 1.82) is 0 Å². The van der Waals surface area contributed by atoms with Gasteiger partial charge in [0.25, 0.3) is 5.56 Å². The number of aromatic amines is 1. The smallest absolute Gasteiger partial charge is 0.337 e. The van der Waals surface area contributed by atoms with Crippen molar-refractivity contribution in [2.75, 3.05) is 20.2 Å². The zero-order valence-corrected chi connectivity index (χ0v) is 20.3. The van der Waals surface area contributed by atoms with Crippen LogP contribution in [0.3, 0.4) is 0 Å². The fraction of sp³-hybridized carbons (Fsp3) is 0.292. The van der Waals surface area contributed by atoms with E-state index in [-0.39, 0.29) is 28.4 Å². The van der Waals surface area contributed by atoms with E-state index in [0.717, 1.165) is 5.56 Å². The average molecular weight is 509 g/mol. The average Bonchev–Trinajstić information content (AvgIpc) is 3.32. The molecule has 0 radical (unpaired) electrons. The minimum absolute atomic E-state index is 0.0813. The molecule has 0 spiro atoms. The van der Waals surface area contributed by atoms with E-state index >= 15 is 0 Å². The summed E-state index contributed by atoms with van der Waals surface area (Å²) in [5.41, 5.74) is 1.34. The van der Waals surface area contributed by atoms with Gasteiger partial charge in [-0.25, -0.2) is 22.9 Å². The molecule has 2 aromatic carbocycles. The summed E-state index contributed by atoms with van der Waals surface area (Å²) in [6.45, 7) is 0.910. The fourth-order valence-electron chi connectivity index (χ4n) is 4.35. The SMILES string of the molecule is COC(=O)c1ccc(S(=O)(=O)N2CCC[C@@H](c3nc4c(nnn4Cc4ccccc4)c(=O)[nH]3)C2)cc1. The van der Waals surface area contributed by atoms with E-state index in [1.54, 1.807) is 4.68 Å². The molecular formula is C24H24N6O5S. The second-order valence-electron chi connectivity index (χ2n) is 8.57. The third-order valence-electron chi connectivity index (χ3n) is 6.25. The molecule has 2 aromatic heterocycles. The van der Waals surface area contributed by atoms with Crippen LogP contribution in [-0.4, -0.2) is 63.9 Å². The van der Waals surface area contributed by atoms with Crippen molar-refractivity contribution in [3.63, 3.8) is 0 Å². The number of nitrogens with zero attached hydrogens (tertiary/aromatic N) is 5. The van der Waals surface area contributed by atoms with E-state index in [1.165, 1.54) is 35.7 Å². The van der Waals surface area contributed by atoms with E-state index in [1.807, 2.05) is 30.3 Å². The highest BCUT2D eigenvalue weighted by Crippen LogP contribution is 2.29. The lowest BCUT2D eigenvalue weighted by molar-refractivity contribution is 0.0600. The Morgan fingerprint density at radius 3 is 2.61 bits per heavy atom. The van der Waals surface area contributed by atoms with Crippen LogP contribution in [-0.2, 0) is 21.3 Å². The third kappa shape index (κ3) is 4.52. The number of carbonyl (C=O) groups excluding carboxylic acids is 1. The molecule has 1 N–H and O–H groups in total. The number of esters is 1. The molecule has 1 atom stereocenters. The summed E-state index contributed by atoms with van der Waals surface area (Å²) >= 11 is 0. The number of nitrogens with one attached hydrogen (secondary N) is 1. The fourth-order valence-corrected chi connectivity index (χ4v) is 5.88. The molecule has 4 aromatic rings. The first-order valence-corrected chi connectivity index (χ1v) is 12.9. The van der Waals surface area contributed by atoms with Gasteiger partial charge in [0.2, 0.25) is 10.0 Å². The molecule has 3 heterocycles. The minimum atomic E-state index is -3.81. The quantitative estimate of drug-likeness (QED) is 0.390. The van der Waals surface area contributed by atoms with Crippen LogP contribution >= 0.6 is 0 Å². The summed E-state index contributed by atoms with van der Waals surface area (Å²) in [4.78, 5) is 31.9. The zero-order valence-electron chi connectivity index (χ0n) is 19.5. The van der Waals surface area contributed by atoms with Crippen LogP contribution < -0.4 is 5.56 Å². The highest BCUT2D eigenvalue weighted by atomic mass is 32.2. The zero-order chi connectivity index (χ0) is 25.3. The highest BCUT2D eigenvalue weighted by Gasteiger charge is 2.32. The molecule has 12 heteroatoms. The van der Waals surface area contributed by atoms with Crippen molar-refractivity contribution < 1.29 is 17.9 Å². The van der Waals surface area contributed by atoms with Gasteiger partial charge in [-0.1, -0.05) is 35.5 Å². The number of rotatable bonds is 6. The molecule has 186 valence electrons. The molecule has 0 bridgehead atoms. The number of ether oxygens (including phenoxy) is 1. The van der Waals surface area contributed by atoms with Gasteiger partial charge in [-0.05, 0) is 42.7 Å². The Morgan fingerprint density at radius 1 is 1.14 bits per heavy atom. The van der Waals surface area contributed by atoms with Gasteiger partial charge >= 0.3 is 5.97 Å². The summed E-state index contributed by atoms with van der Waals surface area (Å²) in [5.74, 6) is -0.437. The second kappa shape index (κ2) is 9.63. The van der Waals surface area contributed by atoms with E-state index < -0.39 is 21.6 Å². The van der Waals surface area contributed by atoms with E-state index in [9.17, 15) is 18.0 Å². The van der Waals surface area contributed by atoms with Crippen LogP contribution in [0.4, 0.5) is 0 Å². The lowest BCUT2D eigenvalue weighted by atomic mass is 9.99. The molecule has 0 saturated carbocycles. The molecule has 0 aliphatic carbocycles. The number of hydrogen-bond acceptors (Lipinski definition) is 8. The van der Waals surface area contributed by atoms with Crippen LogP contribution in [0.2, 0.25) is 0 Å². The van der Waals surface area contributed by atoms with Crippen LogP contribution in [0, 0.1) is 0 Å². The summed E-state index contributed by atoms with van der Waals surface area (Å²) in [6, 6.07) is 15.3. The lowest BCUT2D eigenvalue weighted by Crippen LogP contribution is -2.39. The first-order chi connectivity index (χ1) is 17.4. The number of H-pyrrole nitrogens is 1. The predicted octanol–water partition coefficient (Wildman–Crippen LogP) is 1.92. The molecule has 0 unspecified atom stereocenters. The van der Waals surface area contributed by atoms with Crippen molar-refractivity contribution in [1.82, 2.24) is 29.3 Å². The van der Waals surface area contributed by atoms with Crippen molar-refractivity contribution >= 4 is 27.2 Å². The van der Waals surface area contributed by atoms with E-state index in [0.29, 0.717) is 37.4 Å². The maximum Gasteiger partial charge on any atom is 0.337 e. The maximum atomic E-state index is 13.3. The summed E-state index contributed by atoms with van der Waals surface area (Å²) < 4.78 is 34.2. The number of aromatic nitrogens is 5. The van der Waals surface area contributed by atoms with Crippen molar-refractivity contribution in [3.8, 4) is 0 Å². The van der Waals surface area contributed by atoms with Gasteiger partial charge in [-0.15, -0.1) is 5.10 Å². The predicted molar refractivity (Wildman–Crippen MR) is 130 cm³/mol. The van der Waals surface area contributed by atoms with Crippen LogP contribution in [0.25, 0.3) is 11.2 Å². The minimum Gasteiger partial charge on any atom is -0.465 e. The lowest BCUT2D eigenvalue weighted by Gasteiger charge is -2.31. The Morgan fingerprint density at radius 2 is 1.89 bits per heavy atom. The van der Waals surface area contributed by atoms with Gasteiger partial charge in [0.1, 0.15) is 5.82 Å². The van der Waals surface area contributed by atoms with Gasteiger partial charge < -0.3 is 9.72 Å². The highest BCUT2D eigenvalue weighted by molar-refractivity contribution is 7.89. The maximum absolute atomic E-state index is 13.3. The number of methoxy groups -OCH3 is 1. The molecule has 11 nitrogen and oxygen atoms in total. The molecular weight excluding hydrogens is 484 g/mol. The van der Waals surface area contributed by atoms with Gasteiger partial charge in [0.05, 0.1) is 24.1 Å². The molecule has 1 aliphatic rings. The molecule has 0 amide bonds. The van der Waals surface area contributed by atoms with E-state index in [2.05, 4.69) is 25.0 Å². The number of sulfonamides is 1. The Bertz CT molecular complexity index is 1560. The van der Waals surface area contributed by atoms with Crippen molar-refractivity contribution in [3.05, 3.63) is 81.9 Å². The summed E-state index contributed by atoms with van der Waals surface area (Å²) in [6.07, 6.45) is 1.27. The number of carbonyl (C=O) groups is 1. The summed E-state index contributed by atoms with van der Waals surface area (Å²) in [5, 5.41) is 8.09. The van der Waals surface area contributed by atoms with E-state index in [4.69, 9.17) is 0 Å². The summed E-state index contributed by atoms with van der Waals surface area (Å²) in [7, 11) is -2.55. The van der Waals surface area contributed by atoms with Crippen LogP contribution in [0.1, 0.15) is 40.5 Å². The van der Waals surface area contributed by atoms with Crippen molar-refractivity contribution in [2.45, 2.75) is 30.2 Å². The Hall–Kier alpha value is -3.90. The second-order valence-corrected chi connectivity index (χ2v) is 10.5. The number of fused-ring (bicyclic) bond motifs is 1. The Balaban J connectivity index is 1.41. The monoisotopic (exact) mass is 508 g/mol. The molecule has 1 saturated heterocycles. The Kier molecular flexibility index (Phi) is 6.37. The largest absolute Gasteiger partial charge is 0.465 e. The van der Waals surface area contributed by atoms with Gasteiger partial charge in [-0.2, -0.15) is 4.31 Å². The Labute approximate surface area is 206 Å². The van der Waals surface area contributed by atoms with Crippen molar-refractivity contribution in [2.24, 2.45) is 0 Å². The van der Waals surface area contributed by atoms with Crippen LogP contribution in [0.15, 0.2) is 64.3 Å². The normalized spacial score (nSPS) is 16.8. The molecule has 1 aliphatic heterocycles. The van der Waals surface area contributed by atoms with Crippen LogP contribution in [0.5, 0.6) is 0 Å². The van der Waals surface area contributed by atoms with Gasteiger partial charge in [-0.3, -0.25) is 4.79 Å².